The third kappa shape index (κ3) is 48.1. The Morgan fingerprint density at radius 1 is 0.368 bits per heavy atom. The highest BCUT2D eigenvalue weighted by Gasteiger charge is 2.06. The van der Waals surface area contributed by atoms with E-state index in [0.29, 0.717) is 26.1 Å². The van der Waals surface area contributed by atoms with Crippen LogP contribution in [0.3, 0.4) is 0 Å². The zero-order valence-electron chi connectivity index (χ0n) is 38.7. The third-order valence-corrected chi connectivity index (χ3v) is 13.5. The average molecular weight is 843 g/mol. The topological polar surface area (TPSA) is 59.1 Å². The number of thioether (sulfide) groups is 2. The van der Waals surface area contributed by atoms with Gasteiger partial charge in [-0.15, -0.1) is 23.5 Å². The predicted octanol–water partition coefficient (Wildman–Crippen LogP) is 14.7. The van der Waals surface area contributed by atoms with E-state index < -0.39 is 0 Å². The fraction of sp³-hybridized carbons (Fsp3) is 0.959. The molecule has 0 heterocycles. The molecular weight excluding hydrogens is 745 g/mol. The Balaban J connectivity index is 3.38. The van der Waals surface area contributed by atoms with Crippen LogP contribution in [0.15, 0.2) is 0 Å². The Hall–Kier alpha value is -0.440. The van der Waals surface area contributed by atoms with E-state index in [1.807, 2.05) is 23.5 Å². The molecule has 0 spiro atoms. The van der Waals surface area contributed by atoms with E-state index in [9.17, 15) is 9.59 Å². The van der Waals surface area contributed by atoms with Gasteiger partial charge in [0.1, 0.15) is 0 Å². The number of esters is 2. The monoisotopic (exact) mass is 843 g/mol. The molecule has 0 amide bonds. The van der Waals surface area contributed by atoms with E-state index in [1.165, 1.54) is 167 Å². The van der Waals surface area contributed by atoms with Gasteiger partial charge in [-0.2, -0.15) is 0 Å². The highest BCUT2D eigenvalue weighted by molar-refractivity contribution is 8.15. The summed E-state index contributed by atoms with van der Waals surface area (Å²) in [7, 11) is 4.33. The molecule has 0 fully saturated rings. The van der Waals surface area contributed by atoms with E-state index >= 15 is 0 Å². The van der Waals surface area contributed by atoms with Crippen molar-refractivity contribution in [2.45, 2.75) is 232 Å². The van der Waals surface area contributed by atoms with Gasteiger partial charge in [-0.25, -0.2) is 0 Å². The summed E-state index contributed by atoms with van der Waals surface area (Å²) in [5, 5.41) is 1.12. The lowest BCUT2D eigenvalue weighted by Crippen LogP contribution is -2.24. The summed E-state index contributed by atoms with van der Waals surface area (Å²) in [6.45, 7) is 9.73. The van der Waals surface area contributed by atoms with E-state index in [1.54, 1.807) is 0 Å². The summed E-state index contributed by atoms with van der Waals surface area (Å²) in [6.07, 6.45) is 43.2. The van der Waals surface area contributed by atoms with Crippen LogP contribution in [0, 0.1) is 0 Å². The van der Waals surface area contributed by atoms with Crippen molar-refractivity contribution >= 4 is 35.5 Å². The molecule has 0 aliphatic rings. The van der Waals surface area contributed by atoms with Gasteiger partial charge in [0.2, 0.25) is 0 Å². The highest BCUT2D eigenvalue weighted by Crippen LogP contribution is 2.16. The Bertz CT molecular complexity index is 756. The fourth-order valence-electron chi connectivity index (χ4n) is 7.31. The molecule has 0 N–H and O–H groups in total. The zero-order chi connectivity index (χ0) is 41.5. The zero-order valence-corrected chi connectivity index (χ0v) is 40.4. The van der Waals surface area contributed by atoms with Gasteiger partial charge in [-0.3, -0.25) is 9.59 Å². The summed E-state index contributed by atoms with van der Waals surface area (Å²) in [5.74, 6) is 2.22. The van der Waals surface area contributed by atoms with Crippen molar-refractivity contribution in [3.63, 3.8) is 0 Å². The second kappa shape index (κ2) is 48.2. The van der Waals surface area contributed by atoms with Crippen LogP contribution < -0.4 is 0 Å². The highest BCUT2D eigenvalue weighted by atomic mass is 32.2. The Labute approximate surface area is 365 Å². The van der Waals surface area contributed by atoms with E-state index in [0.717, 1.165) is 81.3 Å². The minimum Gasteiger partial charge on any atom is -0.466 e. The van der Waals surface area contributed by atoms with Gasteiger partial charge < -0.3 is 19.3 Å². The SMILES string of the molecule is CCCCCCCCCCCCCCCCCC(=O)OCCCN(C)CCSCSCCN(C)CCCOC(=O)CCCCCCCCCCCCCCCCC. The lowest BCUT2D eigenvalue weighted by Gasteiger charge is -2.17. The summed E-state index contributed by atoms with van der Waals surface area (Å²) in [4.78, 5) is 28.9. The molecule has 0 bridgehead atoms. The summed E-state index contributed by atoms with van der Waals surface area (Å²) in [5.41, 5.74) is 0. The first-order valence-electron chi connectivity index (χ1n) is 24.8. The lowest BCUT2D eigenvalue weighted by atomic mass is 10.0. The number of carbonyl (C=O) groups excluding carboxylic acids is 2. The fourth-order valence-corrected chi connectivity index (χ4v) is 9.60. The molecule has 0 atom stereocenters. The Kier molecular flexibility index (Phi) is 47.9. The molecule has 0 aromatic rings. The maximum atomic E-state index is 12.1. The second-order valence-electron chi connectivity index (χ2n) is 17.1. The molecule has 0 aromatic heterocycles. The van der Waals surface area contributed by atoms with Crippen molar-refractivity contribution in [3.8, 4) is 0 Å². The third-order valence-electron chi connectivity index (χ3n) is 11.3. The average Bonchev–Trinajstić information content (AvgIpc) is 3.20. The normalized spacial score (nSPS) is 11.6. The maximum absolute atomic E-state index is 12.1. The van der Waals surface area contributed by atoms with Gasteiger partial charge in [0.05, 0.1) is 13.2 Å². The number of hydrogen-bond donors (Lipinski definition) is 0. The molecule has 0 aromatic carbocycles. The number of hydrogen-bond acceptors (Lipinski definition) is 8. The number of ether oxygens (including phenoxy) is 2. The van der Waals surface area contributed by atoms with Crippen molar-refractivity contribution in [2.24, 2.45) is 0 Å². The van der Waals surface area contributed by atoms with Gasteiger partial charge >= 0.3 is 11.9 Å². The first-order chi connectivity index (χ1) is 28.0. The summed E-state index contributed by atoms with van der Waals surface area (Å²) < 4.78 is 11.0. The summed E-state index contributed by atoms with van der Waals surface area (Å²) >= 11 is 4.01. The molecule has 6 nitrogen and oxygen atoms in total. The first-order valence-corrected chi connectivity index (χ1v) is 27.1. The molecule has 0 radical (unpaired) electrons. The number of carbonyl (C=O) groups is 2. The molecule has 0 aliphatic carbocycles. The van der Waals surface area contributed by atoms with E-state index in [4.69, 9.17) is 9.47 Å². The van der Waals surface area contributed by atoms with Crippen LogP contribution in [0.4, 0.5) is 0 Å². The molecule has 0 saturated heterocycles. The lowest BCUT2D eigenvalue weighted by molar-refractivity contribution is -0.144. The molecule has 0 rings (SSSR count). The molecule has 0 saturated carbocycles. The van der Waals surface area contributed by atoms with Gasteiger partial charge in [0.25, 0.3) is 0 Å². The molecule has 8 heteroatoms. The van der Waals surface area contributed by atoms with Crippen LogP contribution in [-0.4, -0.2) is 91.8 Å². The predicted molar refractivity (Wildman–Crippen MR) is 255 cm³/mol. The van der Waals surface area contributed by atoms with Crippen molar-refractivity contribution in [2.75, 3.05) is 70.1 Å². The second-order valence-corrected chi connectivity index (χ2v) is 19.7. The molecule has 0 unspecified atom stereocenters. The van der Waals surface area contributed by atoms with Crippen LogP contribution in [-0.2, 0) is 19.1 Å². The minimum absolute atomic E-state index is 0.0188. The van der Waals surface area contributed by atoms with Gasteiger partial charge in [0.15, 0.2) is 0 Å². The minimum atomic E-state index is -0.0188. The van der Waals surface area contributed by atoms with Crippen LogP contribution >= 0.6 is 23.5 Å². The van der Waals surface area contributed by atoms with E-state index in [2.05, 4.69) is 37.7 Å². The molecule has 340 valence electrons. The summed E-state index contributed by atoms with van der Waals surface area (Å²) in [6, 6.07) is 0. The largest absolute Gasteiger partial charge is 0.466 e. The smallest absolute Gasteiger partial charge is 0.305 e. The van der Waals surface area contributed by atoms with Gasteiger partial charge in [0, 0.05) is 55.6 Å². The number of nitrogens with zero attached hydrogens (tertiary/aromatic N) is 2. The van der Waals surface area contributed by atoms with Crippen LogP contribution in [0.5, 0.6) is 0 Å². The van der Waals surface area contributed by atoms with Crippen LogP contribution in [0.25, 0.3) is 0 Å². The number of unbranched alkanes of at least 4 members (excludes halogenated alkanes) is 28. The molecule has 0 aliphatic heterocycles. The number of rotatable bonds is 48. The maximum Gasteiger partial charge on any atom is 0.305 e. The first kappa shape index (κ1) is 56.6. The Morgan fingerprint density at radius 3 is 0.912 bits per heavy atom. The van der Waals surface area contributed by atoms with Crippen molar-refractivity contribution < 1.29 is 19.1 Å². The van der Waals surface area contributed by atoms with Crippen LogP contribution in [0.1, 0.15) is 232 Å². The van der Waals surface area contributed by atoms with Crippen molar-refractivity contribution in [1.82, 2.24) is 9.80 Å². The Morgan fingerprint density at radius 2 is 0.632 bits per heavy atom. The van der Waals surface area contributed by atoms with Gasteiger partial charge in [-0.05, 0) is 39.8 Å². The van der Waals surface area contributed by atoms with Crippen LogP contribution in [0.2, 0.25) is 0 Å². The van der Waals surface area contributed by atoms with Gasteiger partial charge in [-0.1, -0.05) is 194 Å². The molecular formula is C49H98N2O4S2. The standard InChI is InChI=1S/C49H98N2O4S2/c1-5-7-9-11-13-15-17-19-21-23-25-27-29-31-33-37-48(52)54-43-35-39-50(3)41-45-56-47-57-46-42-51(4)40-36-44-55-49(53)38-34-32-30-28-26-24-22-20-18-16-14-12-10-8-6-2/h5-47H2,1-4H3. The van der Waals surface area contributed by atoms with E-state index in [-0.39, 0.29) is 11.9 Å². The van der Waals surface area contributed by atoms with Crippen molar-refractivity contribution in [1.29, 1.82) is 0 Å². The molecule has 57 heavy (non-hydrogen) atoms. The van der Waals surface area contributed by atoms with Crippen molar-refractivity contribution in [3.05, 3.63) is 0 Å². The quantitative estimate of drug-likeness (QED) is 0.0341.